The van der Waals surface area contributed by atoms with Gasteiger partial charge in [-0.05, 0) is 111 Å². The number of benzene rings is 3. The third kappa shape index (κ3) is 7.59. The molecule has 1 atom stereocenters. The number of hydrogen-bond acceptors (Lipinski definition) is 5. The molecule has 0 aromatic heterocycles. The summed E-state index contributed by atoms with van der Waals surface area (Å²) in [4.78, 5) is 13.5. The Kier molecular flexibility index (Phi) is 10.2. The molecule has 0 spiro atoms. The van der Waals surface area contributed by atoms with E-state index in [0.29, 0.717) is 37.1 Å². The summed E-state index contributed by atoms with van der Waals surface area (Å²) in [6, 6.07) is 21.6. The van der Waals surface area contributed by atoms with Gasteiger partial charge in [0, 0.05) is 35.8 Å². The molecular formula is C35H44ClN3O4S. The topological polar surface area (TPSA) is 87.7 Å². The summed E-state index contributed by atoms with van der Waals surface area (Å²) in [6.07, 6.45) is 6.18. The maximum Gasteiger partial charge on any atom is 0.243 e. The zero-order chi connectivity index (χ0) is 31.3. The lowest BCUT2D eigenvalue weighted by atomic mass is 9.72. The van der Waals surface area contributed by atoms with Crippen LogP contribution in [0.2, 0.25) is 5.02 Å². The van der Waals surface area contributed by atoms with Gasteiger partial charge in [0.25, 0.3) is 0 Å². The standard InChI is InChI=1S/C35H44ClN3O4S/c1-35(2,38-29-14-12-28(36)13-15-29)27-10-8-25(9-11-27)20-22-37-34(40)24-33-32-7-5-4-6-26(32)21-23-39(33)44(41,42)31-18-16-30(43-3)17-19-31/h4-7,12-19,25,27,33,38H,8-11,20-24H2,1-3H3,(H,37,40). The van der Waals surface area contributed by atoms with E-state index < -0.39 is 16.1 Å². The molecule has 1 aliphatic carbocycles. The number of carbonyl (C=O) groups excluding carboxylic acids is 1. The van der Waals surface area contributed by atoms with E-state index in [0.717, 1.165) is 53.9 Å². The first-order chi connectivity index (χ1) is 21.1. The van der Waals surface area contributed by atoms with E-state index in [1.807, 2.05) is 48.5 Å². The molecule has 3 aromatic carbocycles. The number of nitrogens with one attached hydrogen (secondary N) is 2. The van der Waals surface area contributed by atoms with Crippen LogP contribution >= 0.6 is 11.6 Å². The predicted molar refractivity (Wildman–Crippen MR) is 177 cm³/mol. The van der Waals surface area contributed by atoms with E-state index in [2.05, 4.69) is 24.5 Å². The second-order valence-electron chi connectivity index (χ2n) is 12.7. The number of nitrogens with zero attached hydrogens (tertiary/aromatic N) is 1. The van der Waals surface area contributed by atoms with Crippen LogP contribution in [0, 0.1) is 11.8 Å². The van der Waals surface area contributed by atoms with Crippen molar-refractivity contribution < 1.29 is 17.9 Å². The number of amides is 1. The molecule has 5 rings (SSSR count). The van der Waals surface area contributed by atoms with Crippen molar-refractivity contribution in [3.8, 4) is 5.75 Å². The summed E-state index contributed by atoms with van der Waals surface area (Å²) in [6.45, 7) is 5.47. The SMILES string of the molecule is COc1ccc(S(=O)(=O)N2CCc3ccccc3C2CC(=O)NCCC2CCC(C(C)(C)Nc3ccc(Cl)cc3)CC2)cc1. The maximum absolute atomic E-state index is 13.8. The van der Waals surface area contributed by atoms with Crippen molar-refractivity contribution in [1.82, 2.24) is 9.62 Å². The summed E-state index contributed by atoms with van der Waals surface area (Å²) in [5, 5.41) is 7.55. The Morgan fingerprint density at radius 3 is 2.34 bits per heavy atom. The summed E-state index contributed by atoms with van der Waals surface area (Å²) < 4.78 is 34.2. The van der Waals surface area contributed by atoms with Crippen LogP contribution in [0.25, 0.3) is 0 Å². The van der Waals surface area contributed by atoms with Gasteiger partial charge < -0.3 is 15.4 Å². The summed E-state index contributed by atoms with van der Waals surface area (Å²) in [5.41, 5.74) is 3.05. The predicted octanol–water partition coefficient (Wildman–Crippen LogP) is 7.23. The highest BCUT2D eigenvalue weighted by Crippen LogP contribution is 2.39. The fourth-order valence-electron chi connectivity index (χ4n) is 6.85. The van der Waals surface area contributed by atoms with Gasteiger partial charge in [0.1, 0.15) is 5.75 Å². The molecule has 236 valence electrons. The molecule has 1 fully saturated rings. The number of sulfonamides is 1. The van der Waals surface area contributed by atoms with E-state index >= 15 is 0 Å². The molecule has 44 heavy (non-hydrogen) atoms. The fraction of sp³-hybridized carbons (Fsp3) is 0.457. The Hall–Kier alpha value is -3.07. The van der Waals surface area contributed by atoms with E-state index in [-0.39, 0.29) is 22.8 Å². The molecule has 7 nitrogen and oxygen atoms in total. The summed E-state index contributed by atoms with van der Waals surface area (Å²) in [7, 11) is -2.27. The molecule has 0 saturated heterocycles. The minimum Gasteiger partial charge on any atom is -0.497 e. The van der Waals surface area contributed by atoms with Crippen LogP contribution in [0.5, 0.6) is 5.75 Å². The van der Waals surface area contributed by atoms with Crippen molar-refractivity contribution in [3.63, 3.8) is 0 Å². The second kappa shape index (κ2) is 13.9. The average molecular weight is 638 g/mol. The van der Waals surface area contributed by atoms with Gasteiger partial charge in [0.2, 0.25) is 15.9 Å². The normalized spacial score (nSPS) is 20.9. The zero-order valence-electron chi connectivity index (χ0n) is 25.9. The molecule has 2 N–H and O–H groups in total. The smallest absolute Gasteiger partial charge is 0.243 e. The molecule has 1 amide bonds. The van der Waals surface area contributed by atoms with Gasteiger partial charge in [0.05, 0.1) is 18.0 Å². The van der Waals surface area contributed by atoms with Gasteiger partial charge in [-0.25, -0.2) is 8.42 Å². The Bertz CT molecular complexity index is 1520. The maximum atomic E-state index is 13.8. The first kappa shape index (κ1) is 32.3. The zero-order valence-corrected chi connectivity index (χ0v) is 27.5. The van der Waals surface area contributed by atoms with Crippen LogP contribution in [0.15, 0.2) is 77.7 Å². The Morgan fingerprint density at radius 2 is 1.66 bits per heavy atom. The molecule has 1 aliphatic heterocycles. The van der Waals surface area contributed by atoms with Crippen molar-refractivity contribution in [2.75, 3.05) is 25.5 Å². The van der Waals surface area contributed by atoms with Crippen LogP contribution in [-0.2, 0) is 21.2 Å². The van der Waals surface area contributed by atoms with Gasteiger partial charge in [0.15, 0.2) is 0 Å². The average Bonchev–Trinajstić information content (AvgIpc) is 3.02. The van der Waals surface area contributed by atoms with Crippen molar-refractivity contribution in [3.05, 3.63) is 88.9 Å². The van der Waals surface area contributed by atoms with Crippen molar-refractivity contribution in [2.24, 2.45) is 11.8 Å². The fourth-order valence-corrected chi connectivity index (χ4v) is 8.59. The molecule has 3 aromatic rings. The third-order valence-electron chi connectivity index (χ3n) is 9.46. The van der Waals surface area contributed by atoms with E-state index in [4.69, 9.17) is 16.3 Å². The Balaban J connectivity index is 1.15. The largest absolute Gasteiger partial charge is 0.497 e. The van der Waals surface area contributed by atoms with Gasteiger partial charge in [-0.2, -0.15) is 4.31 Å². The number of hydrogen-bond donors (Lipinski definition) is 2. The lowest BCUT2D eigenvalue weighted by molar-refractivity contribution is -0.122. The molecule has 1 unspecified atom stereocenters. The number of methoxy groups -OCH3 is 1. The molecule has 1 saturated carbocycles. The number of carbonyl (C=O) groups is 1. The number of rotatable bonds is 11. The Morgan fingerprint density at radius 1 is 0.977 bits per heavy atom. The van der Waals surface area contributed by atoms with E-state index in [1.54, 1.807) is 31.4 Å². The summed E-state index contributed by atoms with van der Waals surface area (Å²) in [5.74, 6) is 1.61. The van der Waals surface area contributed by atoms with Gasteiger partial charge in [-0.1, -0.05) is 48.7 Å². The quantitative estimate of drug-likeness (QED) is 0.232. The van der Waals surface area contributed by atoms with E-state index in [1.165, 1.54) is 4.31 Å². The minimum atomic E-state index is -3.81. The number of fused-ring (bicyclic) bond motifs is 1. The molecular weight excluding hydrogens is 594 g/mol. The number of anilines is 1. The molecule has 2 aliphatic rings. The van der Waals surface area contributed by atoms with Crippen molar-refractivity contribution in [2.45, 2.75) is 75.3 Å². The first-order valence-electron chi connectivity index (χ1n) is 15.6. The lowest BCUT2D eigenvalue weighted by Gasteiger charge is -2.40. The molecule has 1 heterocycles. The molecule has 9 heteroatoms. The van der Waals surface area contributed by atoms with Crippen LogP contribution in [0.1, 0.15) is 69.5 Å². The van der Waals surface area contributed by atoms with Crippen molar-refractivity contribution >= 4 is 33.2 Å². The summed E-state index contributed by atoms with van der Waals surface area (Å²) >= 11 is 6.05. The highest BCUT2D eigenvalue weighted by molar-refractivity contribution is 7.89. The van der Waals surface area contributed by atoms with Gasteiger partial charge in [-0.15, -0.1) is 0 Å². The highest BCUT2D eigenvalue weighted by Gasteiger charge is 2.38. The van der Waals surface area contributed by atoms with Crippen LogP contribution in [0.3, 0.4) is 0 Å². The van der Waals surface area contributed by atoms with Gasteiger partial charge in [-0.3, -0.25) is 4.79 Å². The van der Waals surface area contributed by atoms with Crippen LogP contribution in [0.4, 0.5) is 5.69 Å². The first-order valence-corrected chi connectivity index (χ1v) is 17.4. The van der Waals surface area contributed by atoms with Crippen molar-refractivity contribution in [1.29, 1.82) is 0 Å². The molecule has 0 radical (unpaired) electrons. The lowest BCUT2D eigenvalue weighted by Crippen LogP contribution is -2.42. The number of ether oxygens (including phenoxy) is 1. The Labute approximate surface area is 267 Å². The van der Waals surface area contributed by atoms with Crippen LogP contribution < -0.4 is 15.4 Å². The monoisotopic (exact) mass is 637 g/mol. The van der Waals surface area contributed by atoms with Crippen LogP contribution in [-0.4, -0.2) is 44.4 Å². The number of halogens is 1. The second-order valence-corrected chi connectivity index (χ2v) is 15.0. The molecule has 0 bridgehead atoms. The van der Waals surface area contributed by atoms with Gasteiger partial charge >= 0.3 is 0 Å². The highest BCUT2D eigenvalue weighted by atomic mass is 35.5. The minimum absolute atomic E-state index is 0.0265. The third-order valence-corrected chi connectivity index (χ3v) is 11.6. The van der Waals surface area contributed by atoms with E-state index in [9.17, 15) is 13.2 Å².